The average Bonchev–Trinajstić information content (AvgIpc) is 3.17. The highest BCUT2D eigenvalue weighted by Gasteiger charge is 2.27. The zero-order valence-electron chi connectivity index (χ0n) is 19.5. The fraction of sp³-hybridized carbons (Fsp3) is 0.640. The molecule has 32 heavy (non-hydrogen) atoms. The van der Waals surface area contributed by atoms with Gasteiger partial charge in [-0.15, -0.1) is 0 Å². The van der Waals surface area contributed by atoms with Crippen molar-refractivity contribution >= 4 is 16.8 Å². The van der Waals surface area contributed by atoms with Crippen molar-refractivity contribution < 1.29 is 14.6 Å². The topological polar surface area (TPSA) is 84.0 Å². The number of hydrogen-bond donors (Lipinski definition) is 2. The summed E-state index contributed by atoms with van der Waals surface area (Å²) in [6.45, 7) is 10.8. The predicted molar refractivity (Wildman–Crippen MR) is 127 cm³/mol. The Labute approximate surface area is 191 Å². The number of nitrogens with zero attached hydrogens (tertiary/aromatic N) is 3. The number of nitrogens with two attached hydrogens (primary N) is 1. The molecule has 2 saturated heterocycles. The number of amides is 1. The van der Waals surface area contributed by atoms with Crippen molar-refractivity contribution in [3.63, 3.8) is 0 Å². The molecule has 7 heteroatoms. The van der Waals surface area contributed by atoms with E-state index in [9.17, 15) is 9.90 Å². The minimum absolute atomic E-state index is 0.168. The summed E-state index contributed by atoms with van der Waals surface area (Å²) in [5, 5.41) is 10.9. The maximum atomic E-state index is 12.3. The van der Waals surface area contributed by atoms with Crippen LogP contribution in [0.5, 0.6) is 5.75 Å². The average molecular weight is 443 g/mol. The first-order chi connectivity index (χ1) is 15.4. The van der Waals surface area contributed by atoms with Crippen molar-refractivity contribution in [2.45, 2.75) is 51.7 Å². The Bertz CT molecular complexity index is 917. The minimum atomic E-state index is -0.387. The van der Waals surface area contributed by atoms with Crippen LogP contribution >= 0.6 is 0 Å². The quantitative estimate of drug-likeness (QED) is 0.657. The molecule has 3 heterocycles. The maximum absolute atomic E-state index is 12.3. The van der Waals surface area contributed by atoms with E-state index in [0.29, 0.717) is 18.2 Å². The fourth-order valence-corrected chi connectivity index (χ4v) is 5.11. The number of β-amino-alcohol motifs (C(OH)–C–C–N with tert-alkyl or cyclic N) is 1. The molecule has 2 aromatic rings. The summed E-state index contributed by atoms with van der Waals surface area (Å²) in [4.78, 5) is 17.2. The number of carbonyl (C=O) groups is 1. The Balaban J connectivity index is 1.45. The Morgan fingerprint density at radius 1 is 1.16 bits per heavy atom. The number of ether oxygens (including phenoxy) is 1. The summed E-state index contributed by atoms with van der Waals surface area (Å²) >= 11 is 0. The lowest BCUT2D eigenvalue weighted by atomic mass is 10.0. The van der Waals surface area contributed by atoms with Gasteiger partial charge in [-0.2, -0.15) is 0 Å². The molecule has 2 aliphatic rings. The van der Waals surface area contributed by atoms with E-state index in [2.05, 4.69) is 34.3 Å². The van der Waals surface area contributed by atoms with Crippen LogP contribution in [0, 0.1) is 5.92 Å². The largest absolute Gasteiger partial charge is 0.493 e. The van der Waals surface area contributed by atoms with Crippen LogP contribution in [0.25, 0.3) is 10.9 Å². The van der Waals surface area contributed by atoms with E-state index in [1.54, 1.807) is 0 Å². The normalized spacial score (nSPS) is 21.4. The molecule has 0 aliphatic carbocycles. The number of fused-ring (bicyclic) bond motifs is 1. The lowest BCUT2D eigenvalue weighted by Crippen LogP contribution is -2.44. The second kappa shape index (κ2) is 10.2. The first-order valence-electron chi connectivity index (χ1n) is 12.1. The summed E-state index contributed by atoms with van der Waals surface area (Å²) in [6.07, 6.45) is 3.83. The Morgan fingerprint density at radius 3 is 2.59 bits per heavy atom. The number of primary amides is 1. The summed E-state index contributed by atoms with van der Waals surface area (Å²) in [5.41, 5.74) is 7.39. The van der Waals surface area contributed by atoms with Crippen LogP contribution in [0.1, 0.15) is 56.1 Å². The van der Waals surface area contributed by atoms with E-state index in [-0.39, 0.29) is 18.1 Å². The van der Waals surface area contributed by atoms with E-state index in [0.717, 1.165) is 81.6 Å². The molecule has 2 aliphatic heterocycles. The summed E-state index contributed by atoms with van der Waals surface area (Å²) in [6, 6.07) is 8.20. The van der Waals surface area contributed by atoms with Gasteiger partial charge >= 0.3 is 0 Å². The molecule has 1 aromatic carbocycles. The van der Waals surface area contributed by atoms with Crippen LogP contribution in [0.4, 0.5) is 0 Å². The highest BCUT2D eigenvalue weighted by Crippen LogP contribution is 2.35. The molecule has 3 N–H and O–H groups in total. The number of piperidine rings is 2. The van der Waals surface area contributed by atoms with Crippen molar-refractivity contribution in [3.05, 3.63) is 30.0 Å². The molecule has 1 atom stereocenters. The van der Waals surface area contributed by atoms with Gasteiger partial charge in [-0.25, -0.2) is 0 Å². The summed E-state index contributed by atoms with van der Waals surface area (Å²) in [7, 11) is 0. The second-order valence-corrected chi connectivity index (χ2v) is 9.83. The van der Waals surface area contributed by atoms with Gasteiger partial charge in [-0.3, -0.25) is 9.69 Å². The lowest BCUT2D eigenvalue weighted by molar-refractivity contribution is 0.0614. The van der Waals surface area contributed by atoms with Crippen molar-refractivity contribution in [3.8, 4) is 5.75 Å². The molecule has 0 spiro atoms. The zero-order chi connectivity index (χ0) is 22.7. The molecule has 0 radical (unpaired) electrons. The van der Waals surface area contributed by atoms with E-state index in [1.165, 1.54) is 0 Å². The van der Waals surface area contributed by atoms with Gasteiger partial charge in [0.05, 0.1) is 18.2 Å². The molecular weight excluding hydrogens is 404 g/mol. The first-order valence-corrected chi connectivity index (χ1v) is 12.1. The minimum Gasteiger partial charge on any atom is -0.493 e. The number of likely N-dealkylation sites (tertiary alicyclic amines) is 2. The van der Waals surface area contributed by atoms with Gasteiger partial charge < -0.3 is 25.0 Å². The first kappa shape index (κ1) is 23.1. The van der Waals surface area contributed by atoms with Gasteiger partial charge in [-0.1, -0.05) is 19.9 Å². The predicted octanol–water partition coefficient (Wildman–Crippen LogP) is 2.87. The van der Waals surface area contributed by atoms with Crippen LogP contribution in [0.2, 0.25) is 0 Å². The fourth-order valence-electron chi connectivity index (χ4n) is 5.11. The lowest BCUT2D eigenvalue weighted by Gasteiger charge is -2.36. The highest BCUT2D eigenvalue weighted by atomic mass is 16.5. The number of aromatic nitrogens is 1. The smallest absolute Gasteiger partial charge is 0.265 e. The van der Waals surface area contributed by atoms with E-state index >= 15 is 0 Å². The molecule has 0 unspecified atom stereocenters. The number of hydrogen-bond acceptors (Lipinski definition) is 5. The molecule has 176 valence electrons. The van der Waals surface area contributed by atoms with Crippen molar-refractivity contribution in [2.24, 2.45) is 11.7 Å². The van der Waals surface area contributed by atoms with Gasteiger partial charge in [0, 0.05) is 44.2 Å². The Morgan fingerprint density at radius 2 is 1.91 bits per heavy atom. The zero-order valence-corrected chi connectivity index (χ0v) is 19.5. The van der Waals surface area contributed by atoms with Crippen LogP contribution in [-0.2, 0) is 0 Å². The highest BCUT2D eigenvalue weighted by molar-refractivity contribution is 5.99. The number of rotatable bonds is 8. The van der Waals surface area contributed by atoms with Crippen LogP contribution < -0.4 is 10.5 Å². The summed E-state index contributed by atoms with van der Waals surface area (Å²) < 4.78 is 8.19. The maximum Gasteiger partial charge on any atom is 0.265 e. The molecule has 4 rings (SSSR count). The molecule has 0 bridgehead atoms. The molecule has 7 nitrogen and oxygen atoms in total. The van der Waals surface area contributed by atoms with Gasteiger partial charge in [-0.05, 0) is 56.3 Å². The van der Waals surface area contributed by atoms with E-state index in [1.807, 2.05) is 18.2 Å². The van der Waals surface area contributed by atoms with Gasteiger partial charge in [0.1, 0.15) is 11.4 Å². The molecule has 1 amide bonds. The van der Waals surface area contributed by atoms with Gasteiger partial charge in [0.25, 0.3) is 5.91 Å². The SMILES string of the molecule is CC(C)COc1cccc2c1cc(C(N)=O)n2C1CCN(CCN2CCC[C@H](O)C2)CC1. The van der Waals surface area contributed by atoms with E-state index in [4.69, 9.17) is 10.5 Å². The van der Waals surface area contributed by atoms with Crippen molar-refractivity contribution in [2.75, 3.05) is 45.9 Å². The van der Waals surface area contributed by atoms with Crippen molar-refractivity contribution in [1.82, 2.24) is 14.4 Å². The van der Waals surface area contributed by atoms with Gasteiger partial charge in [0.15, 0.2) is 0 Å². The third-order valence-electron chi connectivity index (χ3n) is 6.80. The Hall–Kier alpha value is -2.09. The number of aliphatic hydroxyl groups is 1. The molecule has 2 fully saturated rings. The third kappa shape index (κ3) is 5.27. The van der Waals surface area contributed by atoms with E-state index < -0.39 is 0 Å². The van der Waals surface area contributed by atoms with Crippen LogP contribution in [-0.4, -0.2) is 77.4 Å². The molecule has 1 aromatic heterocycles. The monoisotopic (exact) mass is 442 g/mol. The number of benzene rings is 1. The third-order valence-corrected chi connectivity index (χ3v) is 6.80. The Kier molecular flexibility index (Phi) is 7.38. The number of aliphatic hydroxyl groups excluding tert-OH is 1. The standard InChI is InChI=1S/C25H38N4O3/c1-18(2)17-32-24-7-3-6-22-21(24)15-23(25(26)31)29(22)19-8-11-27(12-9-19)13-14-28-10-4-5-20(30)16-28/h3,6-7,15,18-20,30H,4-5,8-14,16-17H2,1-2H3,(H2,26,31)/t20-/m0/s1. The summed E-state index contributed by atoms with van der Waals surface area (Å²) in [5.74, 6) is 0.862. The second-order valence-electron chi connectivity index (χ2n) is 9.83. The van der Waals surface area contributed by atoms with Crippen LogP contribution in [0.3, 0.4) is 0 Å². The van der Waals surface area contributed by atoms with Gasteiger partial charge in [0.2, 0.25) is 0 Å². The molecular formula is C25H38N4O3. The molecule has 0 saturated carbocycles. The number of carbonyl (C=O) groups excluding carboxylic acids is 1. The van der Waals surface area contributed by atoms with Crippen molar-refractivity contribution in [1.29, 1.82) is 0 Å². The van der Waals surface area contributed by atoms with Crippen LogP contribution in [0.15, 0.2) is 24.3 Å².